The molecule has 1 aromatic heterocycles. The van der Waals surface area contributed by atoms with Crippen LogP contribution in [0.5, 0.6) is 11.5 Å². The normalized spacial score (nSPS) is 12.9. The van der Waals surface area contributed by atoms with Gasteiger partial charge < -0.3 is 20.1 Å². The molecule has 0 saturated heterocycles. The number of benzene rings is 1. The summed E-state index contributed by atoms with van der Waals surface area (Å²) in [7, 11) is 4.68. The molecule has 1 aliphatic rings. The summed E-state index contributed by atoms with van der Waals surface area (Å²) in [6, 6.07) is 4.98. The minimum atomic E-state index is -0.283. The minimum Gasteiger partial charge on any atom is -0.493 e. The molecule has 0 bridgehead atoms. The molecule has 1 aromatic carbocycles. The lowest BCUT2D eigenvalue weighted by molar-refractivity contribution is 0.0963. The molecule has 6 nitrogen and oxygen atoms in total. The highest BCUT2D eigenvalue weighted by Gasteiger charge is 2.26. The fraction of sp³-hybridized carbons (Fsp3) is 0.368. The second-order valence-electron chi connectivity index (χ2n) is 6.02. The first-order chi connectivity index (χ1) is 12.6. The summed E-state index contributed by atoms with van der Waals surface area (Å²) in [4.78, 5) is 26.3. The topological polar surface area (TPSA) is 76.7 Å². The maximum atomic E-state index is 12.7. The highest BCUT2D eigenvalue weighted by atomic mass is 32.1. The molecule has 26 heavy (non-hydrogen) atoms. The van der Waals surface area contributed by atoms with Crippen LogP contribution in [0.3, 0.4) is 0 Å². The van der Waals surface area contributed by atoms with Crippen molar-refractivity contribution in [1.82, 2.24) is 5.32 Å². The number of hydrogen-bond donors (Lipinski definition) is 2. The van der Waals surface area contributed by atoms with Gasteiger partial charge in [0.15, 0.2) is 11.5 Å². The van der Waals surface area contributed by atoms with Crippen molar-refractivity contribution in [3.05, 3.63) is 39.8 Å². The summed E-state index contributed by atoms with van der Waals surface area (Å²) in [5, 5.41) is 6.20. The van der Waals surface area contributed by atoms with Gasteiger partial charge in [0.2, 0.25) is 0 Å². The SMILES string of the molecule is CNC(=O)c1c(NC(=O)c2ccc(OC)c(OC)c2)sc2c1CCCC2. The van der Waals surface area contributed by atoms with Crippen LogP contribution in [0.25, 0.3) is 0 Å². The van der Waals surface area contributed by atoms with Gasteiger partial charge in [-0.1, -0.05) is 0 Å². The van der Waals surface area contributed by atoms with E-state index in [4.69, 9.17) is 9.47 Å². The number of nitrogens with one attached hydrogen (secondary N) is 2. The number of ether oxygens (including phenoxy) is 2. The summed E-state index contributed by atoms with van der Waals surface area (Å²) in [5.41, 5.74) is 2.11. The van der Waals surface area contributed by atoms with Gasteiger partial charge in [-0.2, -0.15) is 0 Å². The number of thiophene rings is 1. The Labute approximate surface area is 156 Å². The Morgan fingerprint density at radius 2 is 1.77 bits per heavy atom. The number of amides is 2. The van der Waals surface area contributed by atoms with Gasteiger partial charge in [0.05, 0.1) is 19.8 Å². The van der Waals surface area contributed by atoms with E-state index in [0.717, 1.165) is 31.2 Å². The summed E-state index contributed by atoms with van der Waals surface area (Å²) in [6.07, 6.45) is 4.01. The van der Waals surface area contributed by atoms with Crippen LogP contribution in [0, 0.1) is 0 Å². The van der Waals surface area contributed by atoms with Gasteiger partial charge in [0.25, 0.3) is 11.8 Å². The average molecular weight is 374 g/mol. The van der Waals surface area contributed by atoms with E-state index in [1.165, 1.54) is 23.3 Å². The first-order valence-electron chi connectivity index (χ1n) is 8.49. The number of anilines is 1. The van der Waals surface area contributed by atoms with Crippen molar-refractivity contribution in [2.45, 2.75) is 25.7 Å². The molecule has 0 radical (unpaired) electrons. The van der Waals surface area contributed by atoms with E-state index in [1.807, 2.05) is 0 Å². The Hall–Kier alpha value is -2.54. The highest BCUT2D eigenvalue weighted by Crippen LogP contribution is 2.38. The number of rotatable bonds is 5. The number of carbonyl (C=O) groups excluding carboxylic acids is 2. The molecule has 0 atom stereocenters. The zero-order chi connectivity index (χ0) is 18.7. The quantitative estimate of drug-likeness (QED) is 0.842. The molecule has 7 heteroatoms. The van der Waals surface area contributed by atoms with Crippen molar-refractivity contribution in [3.63, 3.8) is 0 Å². The van der Waals surface area contributed by atoms with Crippen LogP contribution >= 0.6 is 11.3 Å². The van der Waals surface area contributed by atoms with Crippen molar-refractivity contribution in [2.24, 2.45) is 0 Å². The van der Waals surface area contributed by atoms with Gasteiger partial charge in [0, 0.05) is 17.5 Å². The third kappa shape index (κ3) is 3.39. The predicted molar refractivity (Wildman–Crippen MR) is 102 cm³/mol. The lowest BCUT2D eigenvalue weighted by atomic mass is 9.95. The van der Waals surface area contributed by atoms with E-state index < -0.39 is 0 Å². The molecule has 138 valence electrons. The minimum absolute atomic E-state index is 0.160. The lowest BCUT2D eigenvalue weighted by Crippen LogP contribution is -2.22. The Kier molecular flexibility index (Phi) is 5.46. The summed E-state index contributed by atoms with van der Waals surface area (Å²) in [5.74, 6) is 0.598. The van der Waals surface area contributed by atoms with Crippen molar-refractivity contribution in [2.75, 3.05) is 26.6 Å². The number of aryl methyl sites for hydroxylation is 1. The van der Waals surface area contributed by atoms with Gasteiger partial charge in [-0.15, -0.1) is 11.3 Å². The predicted octanol–water partition coefficient (Wildman–Crippen LogP) is 3.26. The molecule has 0 unspecified atom stereocenters. The largest absolute Gasteiger partial charge is 0.493 e. The van der Waals surface area contributed by atoms with E-state index in [2.05, 4.69) is 10.6 Å². The lowest BCUT2D eigenvalue weighted by Gasteiger charge is -2.12. The Balaban J connectivity index is 1.92. The van der Waals surface area contributed by atoms with Crippen LogP contribution in [-0.4, -0.2) is 33.1 Å². The molecule has 0 aliphatic heterocycles. The van der Waals surface area contributed by atoms with Crippen LogP contribution in [0.1, 0.15) is 44.0 Å². The molecule has 1 heterocycles. The van der Waals surface area contributed by atoms with Crippen molar-refractivity contribution in [3.8, 4) is 11.5 Å². The number of methoxy groups -OCH3 is 2. The average Bonchev–Trinajstić information content (AvgIpc) is 3.04. The molecule has 0 saturated carbocycles. The molecule has 1 aliphatic carbocycles. The van der Waals surface area contributed by atoms with Gasteiger partial charge in [0.1, 0.15) is 5.00 Å². The fourth-order valence-corrected chi connectivity index (χ4v) is 4.45. The first-order valence-corrected chi connectivity index (χ1v) is 9.30. The first kappa shape index (κ1) is 18.3. The molecule has 0 fully saturated rings. The van der Waals surface area contributed by atoms with Gasteiger partial charge >= 0.3 is 0 Å². The zero-order valence-electron chi connectivity index (χ0n) is 15.1. The highest BCUT2D eigenvalue weighted by molar-refractivity contribution is 7.17. The van der Waals surface area contributed by atoms with E-state index in [-0.39, 0.29) is 11.8 Å². The fourth-order valence-electron chi connectivity index (χ4n) is 3.17. The molecule has 2 aromatic rings. The molecule has 3 rings (SSSR count). The van der Waals surface area contributed by atoms with Crippen LogP contribution < -0.4 is 20.1 Å². The Bertz CT molecular complexity index is 844. The van der Waals surface area contributed by atoms with Crippen LogP contribution in [0.2, 0.25) is 0 Å². The monoisotopic (exact) mass is 374 g/mol. The third-order valence-corrected chi connectivity index (χ3v) is 5.71. The van der Waals surface area contributed by atoms with Crippen molar-refractivity contribution >= 4 is 28.2 Å². The molecule has 2 amide bonds. The van der Waals surface area contributed by atoms with E-state index in [1.54, 1.807) is 32.4 Å². The van der Waals surface area contributed by atoms with Crippen molar-refractivity contribution in [1.29, 1.82) is 0 Å². The zero-order valence-corrected chi connectivity index (χ0v) is 15.9. The molecular formula is C19H22N2O4S. The van der Waals surface area contributed by atoms with Crippen LogP contribution in [0.15, 0.2) is 18.2 Å². The second-order valence-corrected chi connectivity index (χ2v) is 7.12. The smallest absolute Gasteiger partial charge is 0.256 e. The van der Waals surface area contributed by atoms with Crippen LogP contribution in [0.4, 0.5) is 5.00 Å². The Morgan fingerprint density at radius 3 is 2.46 bits per heavy atom. The van der Waals surface area contributed by atoms with Gasteiger partial charge in [-0.3, -0.25) is 9.59 Å². The second kappa shape index (κ2) is 7.78. The van der Waals surface area contributed by atoms with Gasteiger partial charge in [-0.05, 0) is 49.4 Å². The summed E-state index contributed by atoms with van der Waals surface area (Å²) in [6.45, 7) is 0. The summed E-state index contributed by atoms with van der Waals surface area (Å²) >= 11 is 1.50. The standard InChI is InChI=1S/C19H22N2O4S/c1-20-18(23)16-12-6-4-5-7-15(12)26-19(16)21-17(22)11-8-9-13(24-2)14(10-11)25-3/h8-10H,4-7H2,1-3H3,(H,20,23)(H,21,22). The van der Waals surface area contributed by atoms with E-state index >= 15 is 0 Å². The van der Waals surface area contributed by atoms with Gasteiger partial charge in [-0.25, -0.2) is 0 Å². The third-order valence-electron chi connectivity index (χ3n) is 4.50. The molecule has 0 spiro atoms. The maximum Gasteiger partial charge on any atom is 0.256 e. The summed E-state index contributed by atoms with van der Waals surface area (Å²) < 4.78 is 10.5. The van der Waals surface area contributed by atoms with E-state index in [9.17, 15) is 9.59 Å². The Morgan fingerprint density at radius 1 is 1.04 bits per heavy atom. The van der Waals surface area contributed by atoms with Crippen molar-refractivity contribution < 1.29 is 19.1 Å². The van der Waals surface area contributed by atoms with Crippen LogP contribution in [-0.2, 0) is 12.8 Å². The number of hydrogen-bond acceptors (Lipinski definition) is 5. The molecule has 2 N–H and O–H groups in total. The number of fused-ring (bicyclic) bond motifs is 1. The van der Waals surface area contributed by atoms with E-state index in [0.29, 0.717) is 27.6 Å². The molecular weight excluding hydrogens is 352 g/mol. The maximum absolute atomic E-state index is 12.7. The number of carbonyl (C=O) groups is 2.